The highest BCUT2D eigenvalue weighted by Gasteiger charge is 2.29. The van der Waals surface area contributed by atoms with Crippen molar-refractivity contribution in [2.45, 2.75) is 30.7 Å². The van der Waals surface area contributed by atoms with Gasteiger partial charge in [-0.3, -0.25) is 4.79 Å². The minimum Gasteiger partial charge on any atom is -0.452 e. The molecule has 25 heavy (non-hydrogen) atoms. The molecule has 0 heterocycles. The third-order valence-electron chi connectivity index (χ3n) is 3.99. The number of rotatable bonds is 7. The van der Waals surface area contributed by atoms with Gasteiger partial charge in [0.15, 0.2) is 6.61 Å². The Bertz CT molecular complexity index is 775. The Morgan fingerprint density at radius 2 is 2.00 bits per heavy atom. The summed E-state index contributed by atoms with van der Waals surface area (Å²) >= 11 is 5.96. The molecule has 0 radical (unpaired) electrons. The van der Waals surface area contributed by atoms with Gasteiger partial charge in [-0.25, -0.2) is 17.5 Å². The van der Waals surface area contributed by atoms with Crippen molar-refractivity contribution in [3.8, 4) is 0 Å². The van der Waals surface area contributed by atoms with Crippen LogP contribution in [0.5, 0.6) is 0 Å². The van der Waals surface area contributed by atoms with Crippen LogP contribution in [0.15, 0.2) is 23.1 Å². The Kier molecular flexibility index (Phi) is 6.08. The van der Waals surface area contributed by atoms with Gasteiger partial charge in [0.05, 0.1) is 15.5 Å². The molecule has 0 unspecified atom stereocenters. The van der Waals surface area contributed by atoms with Crippen molar-refractivity contribution in [2.75, 3.05) is 20.7 Å². The number of carbonyl (C=O) groups excluding carboxylic acids is 2. The quantitative estimate of drug-likeness (QED) is 0.717. The van der Waals surface area contributed by atoms with E-state index in [-0.39, 0.29) is 21.5 Å². The first-order chi connectivity index (χ1) is 11.6. The summed E-state index contributed by atoms with van der Waals surface area (Å²) in [6.45, 7) is 1.46. The number of nitrogens with zero attached hydrogens (tertiary/aromatic N) is 1. The summed E-state index contributed by atoms with van der Waals surface area (Å²) in [4.78, 5) is 23.9. The fourth-order valence-corrected chi connectivity index (χ4v) is 3.37. The van der Waals surface area contributed by atoms with Gasteiger partial charge >= 0.3 is 5.97 Å². The molecule has 1 aliphatic carbocycles. The molecule has 1 aromatic rings. The van der Waals surface area contributed by atoms with Crippen molar-refractivity contribution >= 4 is 33.5 Å². The fourth-order valence-electron chi connectivity index (χ4n) is 2.25. The van der Waals surface area contributed by atoms with Crippen molar-refractivity contribution in [3.05, 3.63) is 28.8 Å². The zero-order valence-electron chi connectivity index (χ0n) is 14.3. The Labute approximate surface area is 152 Å². The van der Waals surface area contributed by atoms with Crippen LogP contribution in [0.3, 0.4) is 0 Å². The van der Waals surface area contributed by atoms with Crippen molar-refractivity contribution in [1.29, 1.82) is 0 Å². The highest BCUT2D eigenvalue weighted by atomic mass is 35.5. The molecule has 1 amide bonds. The molecular formula is C16H21ClN2O5S. The topological polar surface area (TPSA) is 92.8 Å². The van der Waals surface area contributed by atoms with E-state index in [1.165, 1.54) is 26.2 Å². The lowest BCUT2D eigenvalue weighted by Gasteiger charge is -2.14. The second kappa shape index (κ2) is 7.72. The number of nitrogens with one attached hydrogen (secondary N) is 1. The number of halogens is 1. The van der Waals surface area contributed by atoms with Gasteiger partial charge in [-0.15, -0.1) is 0 Å². The van der Waals surface area contributed by atoms with Crippen LogP contribution in [0.2, 0.25) is 5.02 Å². The molecule has 1 aromatic carbocycles. The van der Waals surface area contributed by atoms with Gasteiger partial charge in [0.2, 0.25) is 10.0 Å². The lowest BCUT2D eigenvalue weighted by atomic mass is 10.2. The summed E-state index contributed by atoms with van der Waals surface area (Å²) in [5.41, 5.74) is -0.104. The van der Waals surface area contributed by atoms with Crippen LogP contribution < -0.4 is 5.32 Å². The molecule has 0 aliphatic heterocycles. The molecule has 2 rings (SSSR count). The van der Waals surface area contributed by atoms with E-state index >= 15 is 0 Å². The first kappa shape index (κ1) is 19.7. The van der Waals surface area contributed by atoms with Crippen molar-refractivity contribution in [3.63, 3.8) is 0 Å². The number of esters is 1. The number of sulfonamides is 1. The monoisotopic (exact) mass is 388 g/mol. The molecule has 9 heteroatoms. The van der Waals surface area contributed by atoms with E-state index in [1.807, 2.05) is 6.92 Å². The third-order valence-corrected chi connectivity index (χ3v) is 6.13. The number of benzene rings is 1. The van der Waals surface area contributed by atoms with E-state index in [2.05, 4.69) is 5.32 Å². The van der Waals surface area contributed by atoms with Gasteiger partial charge < -0.3 is 10.1 Å². The molecule has 7 nitrogen and oxygen atoms in total. The van der Waals surface area contributed by atoms with Crippen LogP contribution in [0.25, 0.3) is 0 Å². The Morgan fingerprint density at radius 1 is 1.36 bits per heavy atom. The van der Waals surface area contributed by atoms with Crippen LogP contribution in [0.1, 0.15) is 30.1 Å². The zero-order chi connectivity index (χ0) is 18.8. The number of hydrogen-bond acceptors (Lipinski definition) is 5. The molecule has 138 valence electrons. The van der Waals surface area contributed by atoms with E-state index in [4.69, 9.17) is 16.3 Å². The van der Waals surface area contributed by atoms with E-state index in [0.29, 0.717) is 5.92 Å². The minimum absolute atomic E-state index is 0.0448. The highest BCUT2D eigenvalue weighted by Crippen LogP contribution is 2.32. The van der Waals surface area contributed by atoms with Crippen molar-refractivity contribution < 1.29 is 22.7 Å². The summed E-state index contributed by atoms with van der Waals surface area (Å²) < 4.78 is 30.3. The smallest absolute Gasteiger partial charge is 0.340 e. The standard InChI is InChI=1S/C16H21ClN2O5S/c1-10(11-4-5-11)18-15(20)9-24-16(21)13-8-12(6-7-14(13)17)25(22,23)19(2)3/h6-8,10-11H,4-5,9H2,1-3H3,(H,18,20)/t10-/m0/s1. The summed E-state index contributed by atoms with van der Waals surface area (Å²) in [5.74, 6) is -0.766. The number of amides is 1. The number of hydrogen-bond donors (Lipinski definition) is 1. The molecule has 0 saturated heterocycles. The lowest BCUT2D eigenvalue weighted by Crippen LogP contribution is -2.37. The SMILES string of the molecule is C[C@H](NC(=O)COC(=O)c1cc(S(=O)(=O)N(C)C)ccc1Cl)C1CC1. The van der Waals surface area contributed by atoms with Gasteiger partial charge in [0.1, 0.15) is 0 Å². The number of ether oxygens (including phenoxy) is 1. The first-order valence-corrected chi connectivity index (χ1v) is 9.63. The maximum Gasteiger partial charge on any atom is 0.340 e. The molecule has 0 spiro atoms. The Balaban J connectivity index is 2.04. The second-order valence-electron chi connectivity index (χ2n) is 6.20. The van der Waals surface area contributed by atoms with Crippen LogP contribution in [0, 0.1) is 5.92 Å². The molecule has 1 fully saturated rings. The van der Waals surface area contributed by atoms with Crippen molar-refractivity contribution in [1.82, 2.24) is 9.62 Å². The van der Waals surface area contributed by atoms with Crippen LogP contribution in [-0.4, -0.2) is 51.3 Å². The first-order valence-electron chi connectivity index (χ1n) is 7.81. The highest BCUT2D eigenvalue weighted by molar-refractivity contribution is 7.89. The summed E-state index contributed by atoms with van der Waals surface area (Å²) in [6.07, 6.45) is 2.17. The average molecular weight is 389 g/mol. The molecule has 1 N–H and O–H groups in total. The van der Waals surface area contributed by atoms with Gasteiger partial charge in [0, 0.05) is 20.1 Å². The van der Waals surface area contributed by atoms with Crippen LogP contribution in [0.4, 0.5) is 0 Å². The fraction of sp³-hybridized carbons (Fsp3) is 0.500. The Morgan fingerprint density at radius 3 is 2.56 bits per heavy atom. The second-order valence-corrected chi connectivity index (χ2v) is 8.76. The van der Waals surface area contributed by atoms with E-state index in [1.54, 1.807) is 0 Å². The maximum absolute atomic E-state index is 12.2. The van der Waals surface area contributed by atoms with Crippen molar-refractivity contribution in [2.24, 2.45) is 5.92 Å². The Hall–Kier alpha value is -1.64. The molecular weight excluding hydrogens is 368 g/mol. The van der Waals surface area contributed by atoms with E-state index in [0.717, 1.165) is 23.2 Å². The average Bonchev–Trinajstić information content (AvgIpc) is 3.37. The van der Waals surface area contributed by atoms with Gasteiger partial charge in [0.25, 0.3) is 5.91 Å². The predicted molar refractivity (Wildman–Crippen MR) is 92.9 cm³/mol. The minimum atomic E-state index is -3.71. The van der Waals surface area contributed by atoms with E-state index in [9.17, 15) is 18.0 Å². The molecule has 1 atom stereocenters. The summed E-state index contributed by atoms with van der Waals surface area (Å²) in [5, 5.41) is 2.81. The van der Waals surface area contributed by atoms with Crippen LogP contribution in [-0.2, 0) is 19.6 Å². The zero-order valence-corrected chi connectivity index (χ0v) is 15.9. The maximum atomic E-state index is 12.2. The largest absolute Gasteiger partial charge is 0.452 e. The number of carbonyl (C=O) groups is 2. The van der Waals surface area contributed by atoms with Crippen LogP contribution >= 0.6 is 11.6 Å². The lowest BCUT2D eigenvalue weighted by molar-refractivity contribution is -0.124. The van der Waals surface area contributed by atoms with E-state index < -0.39 is 28.5 Å². The summed E-state index contributed by atoms with van der Waals surface area (Å²) in [6, 6.07) is 3.80. The van der Waals surface area contributed by atoms with Gasteiger partial charge in [-0.1, -0.05) is 11.6 Å². The van der Waals surface area contributed by atoms with Gasteiger partial charge in [-0.2, -0.15) is 0 Å². The molecule has 0 bridgehead atoms. The molecule has 1 aliphatic rings. The third kappa shape index (κ3) is 4.93. The molecule has 1 saturated carbocycles. The predicted octanol–water partition coefficient (Wildman–Crippen LogP) is 1.66. The molecule has 0 aromatic heterocycles. The normalized spacial score (nSPS) is 15.7. The summed E-state index contributed by atoms with van der Waals surface area (Å²) in [7, 11) is -0.947. The van der Waals surface area contributed by atoms with Gasteiger partial charge in [-0.05, 0) is 43.9 Å².